The van der Waals surface area contributed by atoms with Crippen LogP contribution in [0.3, 0.4) is 0 Å². The molecule has 2 heterocycles. The van der Waals surface area contributed by atoms with Crippen molar-refractivity contribution in [2.75, 3.05) is 46.0 Å². The molecule has 8 nitrogen and oxygen atoms in total. The number of benzene rings is 2. The number of aromatic hydroxyl groups is 1. The Morgan fingerprint density at radius 1 is 1.16 bits per heavy atom. The van der Waals surface area contributed by atoms with E-state index in [1.165, 1.54) is 21.9 Å². The third-order valence-electron chi connectivity index (χ3n) is 6.89. The van der Waals surface area contributed by atoms with Gasteiger partial charge in [-0.05, 0) is 53.8 Å². The van der Waals surface area contributed by atoms with Gasteiger partial charge in [-0.15, -0.1) is 0 Å². The minimum Gasteiger partial charge on any atom is -0.872 e. The van der Waals surface area contributed by atoms with Crippen LogP contribution in [0.2, 0.25) is 0 Å². The molecule has 2 aliphatic rings. The zero-order valence-electron chi connectivity index (χ0n) is 21.8. The highest BCUT2D eigenvalue weighted by Gasteiger charge is 2.44. The van der Waals surface area contributed by atoms with Crippen LogP contribution in [0, 0.1) is 12.8 Å². The number of phenols is 1. The molecular weight excluding hydrogens is 472 g/mol. The summed E-state index contributed by atoms with van der Waals surface area (Å²) in [6, 6.07) is 10.7. The van der Waals surface area contributed by atoms with Gasteiger partial charge in [-0.2, -0.15) is 0 Å². The van der Waals surface area contributed by atoms with Crippen molar-refractivity contribution in [1.82, 2.24) is 4.90 Å². The first-order valence-electron chi connectivity index (χ1n) is 13.0. The van der Waals surface area contributed by atoms with E-state index in [9.17, 15) is 19.8 Å². The molecule has 1 unspecified atom stereocenters. The van der Waals surface area contributed by atoms with Crippen LogP contribution in [0.1, 0.15) is 43.0 Å². The van der Waals surface area contributed by atoms with Crippen LogP contribution in [0.4, 0.5) is 0 Å². The summed E-state index contributed by atoms with van der Waals surface area (Å²) in [4.78, 5) is 29.4. The molecule has 0 radical (unpaired) electrons. The van der Waals surface area contributed by atoms with Crippen molar-refractivity contribution in [1.29, 1.82) is 0 Å². The number of morpholine rings is 1. The van der Waals surface area contributed by atoms with Crippen LogP contribution in [-0.2, 0) is 14.3 Å². The molecule has 2 N–H and O–H groups in total. The minimum atomic E-state index is -0.802. The van der Waals surface area contributed by atoms with Crippen LogP contribution in [0.15, 0.2) is 48.0 Å². The normalized spacial score (nSPS) is 20.1. The summed E-state index contributed by atoms with van der Waals surface area (Å²) in [6.07, 6.45) is 0.700. The Hall–Kier alpha value is -3.36. The molecule has 0 aliphatic carbocycles. The summed E-state index contributed by atoms with van der Waals surface area (Å²) in [5.74, 6) is -0.785. The van der Waals surface area contributed by atoms with Crippen LogP contribution in [-0.4, -0.2) is 67.7 Å². The highest BCUT2D eigenvalue weighted by atomic mass is 16.5. The summed E-state index contributed by atoms with van der Waals surface area (Å²) in [5.41, 5.74) is 1.62. The number of hydrogen-bond donors (Lipinski definition) is 2. The van der Waals surface area contributed by atoms with E-state index in [-0.39, 0.29) is 11.3 Å². The number of hydrogen-bond acceptors (Lipinski definition) is 6. The van der Waals surface area contributed by atoms with E-state index in [0.717, 1.165) is 32.8 Å². The van der Waals surface area contributed by atoms with Gasteiger partial charge in [-0.1, -0.05) is 37.8 Å². The highest BCUT2D eigenvalue weighted by molar-refractivity contribution is 6.46. The zero-order chi connectivity index (χ0) is 26.5. The fourth-order valence-corrected chi connectivity index (χ4v) is 4.90. The first kappa shape index (κ1) is 26.7. The highest BCUT2D eigenvalue weighted by Crippen LogP contribution is 2.39. The Morgan fingerprint density at radius 3 is 2.51 bits per heavy atom. The van der Waals surface area contributed by atoms with Crippen LogP contribution < -0.4 is 14.7 Å². The maximum Gasteiger partial charge on any atom is 0.295 e. The Kier molecular flexibility index (Phi) is 8.51. The molecule has 1 atom stereocenters. The summed E-state index contributed by atoms with van der Waals surface area (Å²) in [7, 11) is 0. The van der Waals surface area contributed by atoms with Gasteiger partial charge in [0.2, 0.25) is 5.78 Å². The molecule has 2 aliphatic heterocycles. The van der Waals surface area contributed by atoms with E-state index >= 15 is 0 Å². The van der Waals surface area contributed by atoms with Gasteiger partial charge < -0.3 is 29.5 Å². The minimum absolute atomic E-state index is 0.0478. The van der Waals surface area contributed by atoms with E-state index < -0.39 is 23.5 Å². The molecule has 0 aromatic heterocycles. The van der Waals surface area contributed by atoms with E-state index in [2.05, 4.69) is 13.8 Å². The molecule has 2 saturated heterocycles. The number of quaternary nitrogens is 1. The topological polar surface area (TPSA) is 104 Å². The smallest absolute Gasteiger partial charge is 0.295 e. The SMILES string of the molecule is Cc1cc(OCC(C)C)ccc1/C([O-])=C1\C(=O)C(=O)N(CCC[NH+]2CCOCC2)C1c1ccc(O)cc1. The van der Waals surface area contributed by atoms with Crippen molar-refractivity contribution in [3.05, 3.63) is 64.7 Å². The Bertz CT molecular complexity index is 1150. The molecule has 0 bridgehead atoms. The number of Topliss-reactive ketones (excluding diaryl/α,β-unsaturated/α-hetero) is 1. The zero-order valence-corrected chi connectivity index (χ0v) is 21.8. The summed E-state index contributed by atoms with van der Waals surface area (Å²) >= 11 is 0. The number of ether oxygens (including phenoxy) is 2. The molecule has 2 aromatic carbocycles. The monoisotopic (exact) mass is 508 g/mol. The summed E-state index contributed by atoms with van der Waals surface area (Å²) < 4.78 is 11.2. The fraction of sp³-hybridized carbons (Fsp3) is 0.448. The lowest BCUT2D eigenvalue weighted by Crippen LogP contribution is -3.14. The number of ketones is 1. The summed E-state index contributed by atoms with van der Waals surface area (Å²) in [6.45, 7) is 11.0. The number of aryl methyl sites for hydroxylation is 1. The van der Waals surface area contributed by atoms with Crippen molar-refractivity contribution < 1.29 is 34.2 Å². The number of phenolic OH excluding ortho intramolecular Hbond substituents is 1. The molecule has 2 fully saturated rings. The second-order valence-electron chi connectivity index (χ2n) is 10.2. The average molecular weight is 509 g/mol. The van der Waals surface area contributed by atoms with Crippen molar-refractivity contribution in [3.8, 4) is 11.5 Å². The first-order valence-corrected chi connectivity index (χ1v) is 13.0. The van der Waals surface area contributed by atoms with Gasteiger partial charge in [0, 0.05) is 18.5 Å². The van der Waals surface area contributed by atoms with Crippen molar-refractivity contribution >= 4 is 17.4 Å². The van der Waals surface area contributed by atoms with Gasteiger partial charge in [-0.25, -0.2) is 0 Å². The van der Waals surface area contributed by atoms with Gasteiger partial charge >= 0.3 is 0 Å². The number of amides is 1. The van der Waals surface area contributed by atoms with Gasteiger partial charge in [0.15, 0.2) is 0 Å². The second-order valence-corrected chi connectivity index (χ2v) is 10.2. The van der Waals surface area contributed by atoms with E-state index in [1.54, 1.807) is 37.3 Å². The quantitative estimate of drug-likeness (QED) is 0.300. The molecule has 198 valence electrons. The number of rotatable bonds is 9. The molecule has 0 spiro atoms. The molecular formula is C29H36N2O6. The Morgan fingerprint density at radius 2 is 1.86 bits per heavy atom. The maximum absolute atomic E-state index is 13.8. The van der Waals surface area contributed by atoms with Crippen LogP contribution in [0.25, 0.3) is 5.76 Å². The molecule has 8 heteroatoms. The number of nitrogens with zero attached hydrogens (tertiary/aromatic N) is 1. The molecule has 4 rings (SSSR count). The number of carbonyl (C=O) groups is 2. The number of likely N-dealkylation sites (tertiary alicyclic amines) is 1. The molecule has 0 saturated carbocycles. The lowest BCUT2D eigenvalue weighted by atomic mass is 9.93. The maximum atomic E-state index is 13.8. The lowest BCUT2D eigenvalue weighted by Gasteiger charge is -2.29. The van der Waals surface area contributed by atoms with Crippen molar-refractivity contribution in [2.45, 2.75) is 33.2 Å². The second kappa shape index (κ2) is 11.8. The Balaban J connectivity index is 1.65. The Labute approximate surface area is 218 Å². The van der Waals surface area contributed by atoms with Crippen molar-refractivity contribution in [2.24, 2.45) is 5.92 Å². The molecule has 37 heavy (non-hydrogen) atoms. The predicted molar refractivity (Wildman–Crippen MR) is 137 cm³/mol. The predicted octanol–water partition coefficient (Wildman–Crippen LogP) is 1.26. The average Bonchev–Trinajstić information content (AvgIpc) is 3.13. The molecule has 1 amide bonds. The van der Waals surface area contributed by atoms with Crippen molar-refractivity contribution in [3.63, 3.8) is 0 Å². The number of nitrogens with one attached hydrogen (secondary N) is 1. The third-order valence-corrected chi connectivity index (χ3v) is 6.89. The molecule has 2 aromatic rings. The van der Waals surface area contributed by atoms with Crippen LogP contribution in [0.5, 0.6) is 11.5 Å². The van der Waals surface area contributed by atoms with E-state index in [4.69, 9.17) is 9.47 Å². The van der Waals surface area contributed by atoms with Gasteiger partial charge in [0.25, 0.3) is 5.91 Å². The third kappa shape index (κ3) is 6.14. The van der Waals surface area contributed by atoms with E-state index in [1.807, 2.05) is 0 Å². The summed E-state index contributed by atoms with van der Waals surface area (Å²) in [5, 5.41) is 23.6. The van der Waals surface area contributed by atoms with Gasteiger partial charge in [0.05, 0.1) is 32.4 Å². The standard InChI is InChI=1S/C29H36N2O6/c1-19(2)18-37-23-9-10-24(20(3)17-23)27(33)25-26(21-5-7-22(32)8-6-21)31(29(35)28(25)34)12-4-11-30-13-15-36-16-14-30/h5-10,17,19,26,32-33H,4,11-16,18H2,1-3H3/b27-25+. The van der Waals surface area contributed by atoms with Crippen LogP contribution >= 0.6 is 0 Å². The van der Waals surface area contributed by atoms with E-state index in [0.29, 0.717) is 47.9 Å². The number of carbonyl (C=O) groups excluding carboxylic acids is 2. The lowest BCUT2D eigenvalue weighted by molar-refractivity contribution is -0.908. The van der Waals surface area contributed by atoms with Gasteiger partial charge in [0.1, 0.15) is 24.6 Å². The van der Waals surface area contributed by atoms with Gasteiger partial charge in [-0.3, -0.25) is 9.59 Å². The largest absolute Gasteiger partial charge is 0.872 e. The fourth-order valence-electron chi connectivity index (χ4n) is 4.90. The first-order chi connectivity index (χ1) is 17.8.